The summed E-state index contributed by atoms with van der Waals surface area (Å²) >= 11 is 5.85. The number of benzene rings is 1. The number of aryl methyl sites for hydroxylation is 2. The van der Waals surface area contributed by atoms with E-state index < -0.39 is 5.91 Å². The molecule has 33 heavy (non-hydrogen) atoms. The number of nitrogens with zero attached hydrogens (tertiary/aromatic N) is 4. The number of carbonyl (C=O) groups excluding carboxylic acids is 2. The van der Waals surface area contributed by atoms with Crippen LogP contribution in [0.1, 0.15) is 41.6 Å². The highest BCUT2D eigenvalue weighted by Crippen LogP contribution is 2.20. The summed E-state index contributed by atoms with van der Waals surface area (Å²) < 4.78 is 1.99. The highest BCUT2D eigenvalue weighted by atomic mass is 35.5. The number of imidazole rings is 1. The summed E-state index contributed by atoms with van der Waals surface area (Å²) in [4.78, 5) is 36.8. The number of nitrogens with one attached hydrogen (secondary N) is 2. The number of amides is 2. The smallest absolute Gasteiger partial charge is 0.274 e. The van der Waals surface area contributed by atoms with Gasteiger partial charge in [-0.1, -0.05) is 17.7 Å². The van der Waals surface area contributed by atoms with E-state index in [-0.39, 0.29) is 41.5 Å². The average molecular weight is 475 g/mol. The molecule has 176 valence electrons. The van der Waals surface area contributed by atoms with E-state index in [2.05, 4.69) is 25.6 Å². The van der Waals surface area contributed by atoms with Gasteiger partial charge in [0.15, 0.2) is 22.5 Å². The largest absolute Gasteiger partial charge is 0.396 e. The Balaban J connectivity index is 1.70. The Kier molecular flexibility index (Phi) is 8.01. The van der Waals surface area contributed by atoms with Gasteiger partial charge in [-0.25, -0.2) is 15.0 Å². The zero-order valence-corrected chi connectivity index (χ0v) is 19.0. The van der Waals surface area contributed by atoms with Crippen molar-refractivity contribution in [2.45, 2.75) is 39.3 Å². The number of anilines is 2. The molecule has 1 aromatic carbocycles. The van der Waals surface area contributed by atoms with E-state index >= 15 is 0 Å². The van der Waals surface area contributed by atoms with Crippen LogP contribution < -0.4 is 22.1 Å². The number of nitrogens with two attached hydrogens (primary N) is 2. The predicted octanol–water partition coefficient (Wildman–Crippen LogP) is 1.03. The van der Waals surface area contributed by atoms with Crippen molar-refractivity contribution in [3.8, 4) is 0 Å². The Hall–Kier alpha value is -3.44. The topological polar surface area (TPSA) is 174 Å². The van der Waals surface area contributed by atoms with Gasteiger partial charge in [0.1, 0.15) is 5.82 Å². The lowest BCUT2D eigenvalue weighted by Gasteiger charge is -2.09. The summed E-state index contributed by atoms with van der Waals surface area (Å²) in [6.07, 6.45) is 1.47. The molecule has 2 heterocycles. The van der Waals surface area contributed by atoms with Gasteiger partial charge in [0.2, 0.25) is 5.91 Å². The quantitative estimate of drug-likeness (QED) is 0.271. The number of halogens is 1. The van der Waals surface area contributed by atoms with Crippen LogP contribution in [-0.2, 0) is 24.3 Å². The molecule has 3 aromatic rings. The van der Waals surface area contributed by atoms with Gasteiger partial charge in [-0.15, -0.1) is 0 Å². The fourth-order valence-corrected chi connectivity index (χ4v) is 3.49. The van der Waals surface area contributed by atoms with E-state index in [1.165, 1.54) is 0 Å². The van der Waals surface area contributed by atoms with Crippen molar-refractivity contribution in [1.82, 2.24) is 30.2 Å². The van der Waals surface area contributed by atoms with Gasteiger partial charge in [0.05, 0.1) is 17.6 Å². The van der Waals surface area contributed by atoms with Crippen LogP contribution in [0.15, 0.2) is 18.2 Å². The van der Waals surface area contributed by atoms with Crippen LogP contribution in [-0.4, -0.2) is 49.6 Å². The number of hydrogen-bond acceptors (Lipinski definition) is 8. The monoisotopic (exact) mass is 474 g/mol. The van der Waals surface area contributed by atoms with E-state index in [1.807, 2.05) is 29.7 Å². The Morgan fingerprint density at radius 1 is 1.15 bits per heavy atom. The minimum Gasteiger partial charge on any atom is -0.396 e. The summed E-state index contributed by atoms with van der Waals surface area (Å²) in [7, 11) is 0. The SMILES string of the molecule is CCn1c(CNC(=O)c2nc(Cl)c(N)nc2N)nc2ccc(CCC(=O)NCCCO)cc21. The minimum absolute atomic E-state index is 0.0445. The summed E-state index contributed by atoms with van der Waals surface area (Å²) in [6.45, 7) is 3.29. The fourth-order valence-electron chi connectivity index (χ4n) is 3.37. The average Bonchev–Trinajstić information content (AvgIpc) is 3.15. The molecule has 0 spiro atoms. The lowest BCUT2D eigenvalue weighted by Crippen LogP contribution is -2.27. The standard InChI is InChI=1S/C21H27ClN8O3/c1-2-30-14-10-12(5-7-16(32)25-8-3-9-31)4-6-13(14)27-15(30)11-26-21(33)17-19(23)29-20(24)18(22)28-17/h4,6,10,31H,2-3,5,7-9,11H2,1H3,(H,25,32)(H,26,33)(H4,23,24,29). The van der Waals surface area contributed by atoms with Gasteiger partial charge in [-0.3, -0.25) is 9.59 Å². The Morgan fingerprint density at radius 2 is 1.94 bits per heavy atom. The predicted molar refractivity (Wildman–Crippen MR) is 125 cm³/mol. The molecular formula is C21H27ClN8O3. The number of rotatable bonds is 10. The summed E-state index contributed by atoms with van der Waals surface area (Å²) in [5, 5.41) is 14.2. The maximum atomic E-state index is 12.5. The van der Waals surface area contributed by atoms with Crippen LogP contribution in [0.4, 0.5) is 11.6 Å². The van der Waals surface area contributed by atoms with Gasteiger partial charge in [-0.2, -0.15) is 0 Å². The molecule has 11 nitrogen and oxygen atoms in total. The van der Waals surface area contributed by atoms with E-state index in [0.717, 1.165) is 16.6 Å². The molecule has 3 rings (SSSR count). The van der Waals surface area contributed by atoms with Crippen LogP contribution in [0.2, 0.25) is 5.15 Å². The van der Waals surface area contributed by atoms with Crippen LogP contribution in [0.5, 0.6) is 0 Å². The third-order valence-electron chi connectivity index (χ3n) is 5.03. The van der Waals surface area contributed by atoms with Gasteiger partial charge in [0.25, 0.3) is 5.91 Å². The van der Waals surface area contributed by atoms with Crippen molar-refractivity contribution in [3.63, 3.8) is 0 Å². The maximum Gasteiger partial charge on any atom is 0.274 e. The number of carbonyl (C=O) groups is 2. The van der Waals surface area contributed by atoms with Gasteiger partial charge in [-0.05, 0) is 37.5 Å². The van der Waals surface area contributed by atoms with Crippen LogP contribution in [0.25, 0.3) is 11.0 Å². The minimum atomic E-state index is -0.537. The first kappa shape index (κ1) is 24.2. The molecule has 2 aromatic heterocycles. The van der Waals surface area contributed by atoms with E-state index in [4.69, 9.17) is 28.2 Å². The van der Waals surface area contributed by atoms with E-state index in [9.17, 15) is 9.59 Å². The molecule has 0 aliphatic heterocycles. The van der Waals surface area contributed by atoms with Gasteiger partial charge < -0.3 is 31.8 Å². The molecule has 0 bridgehead atoms. The lowest BCUT2D eigenvalue weighted by atomic mass is 10.1. The Labute approximate surface area is 195 Å². The number of aliphatic hydroxyl groups is 1. The number of hydrogen-bond donors (Lipinski definition) is 5. The van der Waals surface area contributed by atoms with Crippen LogP contribution in [0.3, 0.4) is 0 Å². The molecule has 0 fully saturated rings. The Bertz CT molecular complexity index is 1160. The molecule has 0 aliphatic rings. The second-order valence-corrected chi connectivity index (χ2v) is 7.70. The third-order valence-corrected chi connectivity index (χ3v) is 5.31. The van der Waals surface area contributed by atoms with Crippen molar-refractivity contribution < 1.29 is 14.7 Å². The van der Waals surface area contributed by atoms with Gasteiger partial charge >= 0.3 is 0 Å². The van der Waals surface area contributed by atoms with Crippen molar-refractivity contribution in [1.29, 1.82) is 0 Å². The first-order valence-electron chi connectivity index (χ1n) is 10.6. The van der Waals surface area contributed by atoms with Crippen molar-refractivity contribution in [2.24, 2.45) is 0 Å². The van der Waals surface area contributed by atoms with Crippen LogP contribution in [0, 0.1) is 0 Å². The second kappa shape index (κ2) is 10.9. The first-order chi connectivity index (χ1) is 15.8. The molecule has 0 atom stereocenters. The molecule has 0 saturated heterocycles. The molecule has 0 saturated carbocycles. The highest BCUT2D eigenvalue weighted by Gasteiger charge is 2.17. The molecule has 0 radical (unpaired) electrons. The molecule has 12 heteroatoms. The first-order valence-corrected chi connectivity index (χ1v) is 10.9. The number of nitrogen functional groups attached to an aromatic ring is 2. The lowest BCUT2D eigenvalue weighted by molar-refractivity contribution is -0.121. The van der Waals surface area contributed by atoms with Crippen LogP contribution >= 0.6 is 11.6 Å². The summed E-state index contributed by atoms with van der Waals surface area (Å²) in [5.41, 5.74) is 13.9. The molecule has 0 aliphatic carbocycles. The zero-order chi connectivity index (χ0) is 24.0. The zero-order valence-electron chi connectivity index (χ0n) is 18.3. The second-order valence-electron chi connectivity index (χ2n) is 7.34. The molecule has 7 N–H and O–H groups in total. The third kappa shape index (κ3) is 5.88. The summed E-state index contributed by atoms with van der Waals surface area (Å²) in [5.74, 6) is -0.0845. The number of aliphatic hydroxyl groups excluding tert-OH is 1. The number of aromatic nitrogens is 4. The molecule has 0 unspecified atom stereocenters. The maximum absolute atomic E-state index is 12.5. The summed E-state index contributed by atoms with van der Waals surface area (Å²) in [6, 6.07) is 5.84. The van der Waals surface area contributed by atoms with E-state index in [0.29, 0.717) is 38.2 Å². The highest BCUT2D eigenvalue weighted by molar-refractivity contribution is 6.31. The number of fused-ring (bicyclic) bond motifs is 1. The molecular weight excluding hydrogens is 448 g/mol. The Morgan fingerprint density at radius 3 is 2.67 bits per heavy atom. The van der Waals surface area contributed by atoms with Crippen molar-refractivity contribution in [2.75, 3.05) is 24.6 Å². The van der Waals surface area contributed by atoms with Crippen molar-refractivity contribution in [3.05, 3.63) is 40.4 Å². The van der Waals surface area contributed by atoms with Crippen molar-refractivity contribution >= 4 is 46.1 Å². The van der Waals surface area contributed by atoms with Gasteiger partial charge in [0, 0.05) is 26.1 Å². The normalized spacial score (nSPS) is 11.0. The van der Waals surface area contributed by atoms with E-state index in [1.54, 1.807) is 0 Å². The fraction of sp³-hybridized carbons (Fsp3) is 0.381. The molecule has 2 amide bonds.